The number of aliphatic imine (C=N–C) groups is 1. The van der Waals surface area contributed by atoms with E-state index in [0.29, 0.717) is 32.8 Å². The van der Waals surface area contributed by atoms with Gasteiger partial charge in [-0.3, -0.25) is 4.99 Å². The van der Waals surface area contributed by atoms with Gasteiger partial charge in [-0.15, -0.1) is 24.0 Å². The fourth-order valence-corrected chi connectivity index (χ4v) is 4.65. The van der Waals surface area contributed by atoms with Crippen molar-refractivity contribution < 1.29 is 17.9 Å². The number of ether oxygens (including phenoxy) is 2. The lowest BCUT2D eigenvalue weighted by atomic mass is 10.1. The fraction of sp³-hybridized carbons (Fsp3) is 0.632. The minimum atomic E-state index is -3.06. The van der Waals surface area contributed by atoms with Gasteiger partial charge in [-0.25, -0.2) is 8.42 Å². The Balaban J connectivity index is 0.00000280. The summed E-state index contributed by atoms with van der Waals surface area (Å²) in [6.45, 7) is 9.03. The summed E-state index contributed by atoms with van der Waals surface area (Å²) in [5.74, 6) is 2.52. The van der Waals surface area contributed by atoms with E-state index in [-0.39, 0.29) is 29.7 Å². The lowest BCUT2D eigenvalue weighted by Crippen LogP contribution is -2.57. The molecule has 1 saturated heterocycles. The number of rotatable bonds is 4. The first-order valence-corrected chi connectivity index (χ1v) is 11.1. The van der Waals surface area contributed by atoms with Gasteiger partial charge in [0.25, 0.3) is 0 Å². The van der Waals surface area contributed by atoms with E-state index in [1.54, 1.807) is 13.8 Å². The molecule has 9 heteroatoms. The van der Waals surface area contributed by atoms with E-state index in [1.807, 2.05) is 30.0 Å². The Morgan fingerprint density at radius 2 is 1.96 bits per heavy atom. The molecule has 3 rings (SSSR count). The molecule has 0 aromatic heterocycles. The molecular weight excluding hydrogens is 493 g/mol. The molecule has 7 nitrogen and oxygen atoms in total. The Bertz CT molecular complexity index is 811. The van der Waals surface area contributed by atoms with Crippen molar-refractivity contribution in [3.05, 3.63) is 23.8 Å². The number of benzene rings is 1. The second kappa shape index (κ2) is 9.51. The molecule has 1 aromatic rings. The maximum atomic E-state index is 12.2. The van der Waals surface area contributed by atoms with Crippen LogP contribution in [0.1, 0.15) is 26.3 Å². The van der Waals surface area contributed by atoms with Crippen LogP contribution < -0.4 is 14.8 Å². The smallest absolute Gasteiger partial charge is 0.194 e. The minimum absolute atomic E-state index is 0. The van der Waals surface area contributed by atoms with Gasteiger partial charge in [0, 0.05) is 26.2 Å². The molecule has 0 atom stereocenters. The molecule has 1 fully saturated rings. The van der Waals surface area contributed by atoms with E-state index < -0.39 is 14.6 Å². The van der Waals surface area contributed by atoms with Crippen LogP contribution in [0.2, 0.25) is 0 Å². The normalized spacial score (nSPS) is 20.2. The molecule has 0 unspecified atom stereocenters. The van der Waals surface area contributed by atoms with Crippen molar-refractivity contribution in [2.75, 3.05) is 45.1 Å². The Morgan fingerprint density at radius 1 is 1.25 bits per heavy atom. The van der Waals surface area contributed by atoms with E-state index in [0.717, 1.165) is 36.0 Å². The molecule has 0 radical (unpaired) electrons. The molecule has 0 bridgehead atoms. The molecule has 2 heterocycles. The van der Waals surface area contributed by atoms with Gasteiger partial charge < -0.3 is 19.7 Å². The predicted octanol–water partition coefficient (Wildman–Crippen LogP) is 2.09. The molecule has 1 aromatic carbocycles. The van der Waals surface area contributed by atoms with Gasteiger partial charge in [0.2, 0.25) is 0 Å². The van der Waals surface area contributed by atoms with Gasteiger partial charge in [-0.2, -0.15) is 0 Å². The number of nitrogens with one attached hydrogen (secondary N) is 1. The third-order valence-corrected chi connectivity index (χ3v) is 7.48. The summed E-state index contributed by atoms with van der Waals surface area (Å²) in [4.78, 5) is 6.77. The number of hydrogen-bond acceptors (Lipinski definition) is 5. The van der Waals surface area contributed by atoms with E-state index in [9.17, 15) is 8.42 Å². The largest absolute Gasteiger partial charge is 0.486 e. The summed E-state index contributed by atoms with van der Waals surface area (Å²) in [5, 5.41) is 3.29. The Morgan fingerprint density at radius 3 is 2.64 bits per heavy atom. The zero-order chi connectivity index (χ0) is 19.5. The number of fused-ring (bicyclic) bond motifs is 1. The number of halogens is 1. The highest BCUT2D eigenvalue weighted by Gasteiger charge is 2.40. The zero-order valence-electron chi connectivity index (χ0n) is 16.7. The monoisotopic (exact) mass is 523 g/mol. The minimum Gasteiger partial charge on any atom is -0.486 e. The maximum Gasteiger partial charge on any atom is 0.194 e. The van der Waals surface area contributed by atoms with Crippen molar-refractivity contribution >= 4 is 39.8 Å². The van der Waals surface area contributed by atoms with Crippen molar-refractivity contribution in [3.63, 3.8) is 0 Å². The number of sulfone groups is 1. The van der Waals surface area contributed by atoms with E-state index in [4.69, 9.17) is 14.5 Å². The van der Waals surface area contributed by atoms with Crippen molar-refractivity contribution in [1.29, 1.82) is 0 Å². The number of guanidine groups is 1. The van der Waals surface area contributed by atoms with Crippen LogP contribution in [-0.2, 0) is 16.3 Å². The third-order valence-electron chi connectivity index (χ3n) is 4.95. The summed E-state index contributed by atoms with van der Waals surface area (Å²) in [6.07, 6.45) is 0.779. The van der Waals surface area contributed by atoms with Crippen LogP contribution in [0.3, 0.4) is 0 Å². The predicted molar refractivity (Wildman–Crippen MR) is 122 cm³/mol. The van der Waals surface area contributed by atoms with Crippen molar-refractivity contribution in [2.24, 2.45) is 4.99 Å². The van der Waals surface area contributed by atoms with Crippen LogP contribution >= 0.6 is 24.0 Å². The second-order valence-corrected chi connectivity index (χ2v) is 10.2. The van der Waals surface area contributed by atoms with Crippen LogP contribution in [0.15, 0.2) is 23.2 Å². The van der Waals surface area contributed by atoms with Gasteiger partial charge in [0.1, 0.15) is 13.2 Å². The Labute approximate surface area is 184 Å². The third kappa shape index (κ3) is 5.22. The molecule has 1 N–H and O–H groups in total. The highest BCUT2D eigenvalue weighted by atomic mass is 127. The molecule has 0 amide bonds. The van der Waals surface area contributed by atoms with Crippen molar-refractivity contribution in [3.8, 4) is 11.5 Å². The lowest BCUT2D eigenvalue weighted by Gasteiger charge is -2.39. The van der Waals surface area contributed by atoms with Crippen LogP contribution in [0.4, 0.5) is 0 Å². The molecule has 0 saturated carbocycles. The quantitative estimate of drug-likeness (QED) is 0.370. The number of nitrogens with zero attached hydrogens (tertiary/aromatic N) is 2. The molecule has 0 spiro atoms. The average molecular weight is 523 g/mol. The summed E-state index contributed by atoms with van der Waals surface area (Å²) in [7, 11) is -3.06. The summed E-state index contributed by atoms with van der Waals surface area (Å²) in [5.41, 5.74) is 1.14. The van der Waals surface area contributed by atoms with Gasteiger partial charge >= 0.3 is 0 Å². The van der Waals surface area contributed by atoms with Crippen LogP contribution in [0, 0.1) is 0 Å². The molecule has 28 heavy (non-hydrogen) atoms. The first-order valence-electron chi connectivity index (χ1n) is 9.46. The average Bonchev–Trinajstić information content (AvgIpc) is 2.63. The molecule has 2 aliphatic heterocycles. The molecule has 0 aliphatic carbocycles. The van der Waals surface area contributed by atoms with E-state index >= 15 is 0 Å². The number of hydrogen-bond donors (Lipinski definition) is 1. The summed E-state index contributed by atoms with van der Waals surface area (Å²) >= 11 is 0. The molecule has 2 aliphatic rings. The van der Waals surface area contributed by atoms with E-state index in [2.05, 4.69) is 5.32 Å². The Kier molecular flexibility index (Phi) is 7.83. The highest BCUT2D eigenvalue weighted by Crippen LogP contribution is 2.30. The fourth-order valence-electron chi connectivity index (χ4n) is 3.28. The van der Waals surface area contributed by atoms with Crippen LogP contribution in [0.25, 0.3) is 0 Å². The summed E-state index contributed by atoms with van der Waals surface area (Å²) < 4.78 is 34.9. The van der Waals surface area contributed by atoms with Crippen LogP contribution in [0.5, 0.6) is 11.5 Å². The highest BCUT2D eigenvalue weighted by molar-refractivity contribution is 14.0. The standard InChI is InChI=1S/C19H29N3O4S.HI/c1-4-20-18(22-9-12-27(23,24)19(2,3)14-22)21-8-7-15-5-6-16-17(13-15)26-11-10-25-16;/h5-6,13H,4,7-12,14H2,1-3H3,(H,20,21);1H. The second-order valence-electron chi connectivity index (χ2n) is 7.46. The van der Waals surface area contributed by atoms with Crippen molar-refractivity contribution in [1.82, 2.24) is 10.2 Å². The van der Waals surface area contributed by atoms with Gasteiger partial charge in [0.15, 0.2) is 27.3 Å². The van der Waals surface area contributed by atoms with E-state index in [1.165, 1.54) is 0 Å². The zero-order valence-corrected chi connectivity index (χ0v) is 19.9. The first-order chi connectivity index (χ1) is 12.8. The first kappa shape index (κ1) is 23.1. The van der Waals surface area contributed by atoms with Gasteiger partial charge in [0.05, 0.1) is 10.5 Å². The van der Waals surface area contributed by atoms with Gasteiger partial charge in [-0.1, -0.05) is 6.07 Å². The Hall–Kier alpha value is -1.23. The molecule has 158 valence electrons. The van der Waals surface area contributed by atoms with Crippen LogP contribution in [-0.4, -0.2) is 69.2 Å². The summed E-state index contributed by atoms with van der Waals surface area (Å²) in [6, 6.07) is 5.98. The topological polar surface area (TPSA) is 80.2 Å². The maximum absolute atomic E-state index is 12.2. The lowest BCUT2D eigenvalue weighted by molar-refractivity contribution is 0.171. The SMILES string of the molecule is CCNC(=NCCc1ccc2c(c1)OCCO2)N1CCS(=O)(=O)C(C)(C)C1.I. The molecular formula is C19H30IN3O4S. The van der Waals surface area contributed by atoms with Gasteiger partial charge in [-0.05, 0) is 44.9 Å². The van der Waals surface area contributed by atoms with Crippen molar-refractivity contribution in [2.45, 2.75) is 31.9 Å².